The fourth-order valence-electron chi connectivity index (χ4n) is 1.29. The third kappa shape index (κ3) is 1.49. The summed E-state index contributed by atoms with van der Waals surface area (Å²) in [6, 6.07) is 8.06. The van der Waals surface area contributed by atoms with Gasteiger partial charge in [-0.2, -0.15) is 0 Å². The van der Waals surface area contributed by atoms with E-state index in [1.165, 1.54) is 0 Å². The lowest BCUT2D eigenvalue weighted by Crippen LogP contribution is -1.81. The van der Waals surface area contributed by atoms with Crippen molar-refractivity contribution in [1.29, 1.82) is 0 Å². The van der Waals surface area contributed by atoms with Crippen LogP contribution in [0.5, 0.6) is 0 Å². The van der Waals surface area contributed by atoms with Gasteiger partial charge in [0.25, 0.3) is 0 Å². The molecule has 0 aliphatic heterocycles. The highest BCUT2D eigenvalue weighted by molar-refractivity contribution is 9.10. The predicted octanol–water partition coefficient (Wildman–Crippen LogP) is 3.64. The average Bonchev–Trinajstić information content (AvgIpc) is 2.18. The van der Waals surface area contributed by atoms with Gasteiger partial charge < -0.3 is 0 Å². The highest BCUT2D eigenvalue weighted by Crippen LogP contribution is 2.23. The molecule has 0 fully saturated rings. The summed E-state index contributed by atoms with van der Waals surface area (Å²) >= 11 is 3.48. The Bertz CT molecular complexity index is 463. The molecular formula is C11H8BrN. The second kappa shape index (κ2) is 3.30. The van der Waals surface area contributed by atoms with Crippen molar-refractivity contribution in [3.05, 3.63) is 47.1 Å². The van der Waals surface area contributed by atoms with Crippen LogP contribution in [0.25, 0.3) is 17.0 Å². The number of benzene rings is 1. The molecule has 64 valence electrons. The summed E-state index contributed by atoms with van der Waals surface area (Å²) in [6.45, 7) is 3.74. The van der Waals surface area contributed by atoms with Crippen molar-refractivity contribution >= 4 is 32.9 Å². The summed E-state index contributed by atoms with van der Waals surface area (Å²) in [5, 5.41) is 1.13. The van der Waals surface area contributed by atoms with Crippen molar-refractivity contribution in [1.82, 2.24) is 4.98 Å². The van der Waals surface area contributed by atoms with Gasteiger partial charge in [0.1, 0.15) is 0 Å². The van der Waals surface area contributed by atoms with Gasteiger partial charge in [0, 0.05) is 16.1 Å². The second-order valence-electron chi connectivity index (χ2n) is 2.78. The maximum absolute atomic E-state index is 4.27. The monoisotopic (exact) mass is 233 g/mol. The first-order valence-electron chi connectivity index (χ1n) is 3.98. The van der Waals surface area contributed by atoms with Crippen LogP contribution in [0, 0.1) is 0 Å². The van der Waals surface area contributed by atoms with E-state index < -0.39 is 0 Å². The first-order chi connectivity index (χ1) is 6.31. The summed E-state index contributed by atoms with van der Waals surface area (Å²) in [6.07, 6.45) is 3.62. The number of pyridine rings is 1. The Morgan fingerprint density at radius 2 is 2.23 bits per heavy atom. The molecule has 0 atom stereocenters. The smallest absolute Gasteiger partial charge is 0.0844 e. The molecule has 0 aliphatic carbocycles. The molecule has 0 spiro atoms. The van der Waals surface area contributed by atoms with Crippen LogP contribution in [0.1, 0.15) is 5.56 Å². The molecule has 2 rings (SSSR count). The molecule has 2 aromatic rings. The Morgan fingerprint density at radius 3 is 3.00 bits per heavy atom. The molecular weight excluding hydrogens is 226 g/mol. The normalized spacial score (nSPS) is 10.2. The van der Waals surface area contributed by atoms with Gasteiger partial charge in [0.05, 0.1) is 5.52 Å². The quantitative estimate of drug-likeness (QED) is 0.733. The minimum absolute atomic E-state index is 0.994. The highest BCUT2D eigenvalue weighted by atomic mass is 79.9. The van der Waals surface area contributed by atoms with Gasteiger partial charge in [-0.25, -0.2) is 0 Å². The molecule has 1 aromatic carbocycles. The van der Waals surface area contributed by atoms with Crippen LogP contribution < -0.4 is 0 Å². The second-order valence-corrected chi connectivity index (χ2v) is 3.64. The van der Waals surface area contributed by atoms with Crippen LogP contribution in [-0.2, 0) is 0 Å². The van der Waals surface area contributed by atoms with E-state index >= 15 is 0 Å². The minimum Gasteiger partial charge on any atom is -0.255 e. The van der Waals surface area contributed by atoms with Crippen LogP contribution in [0.3, 0.4) is 0 Å². The van der Waals surface area contributed by atoms with E-state index in [1.54, 1.807) is 6.20 Å². The number of rotatable bonds is 1. The molecule has 13 heavy (non-hydrogen) atoms. The number of nitrogens with zero attached hydrogens (tertiary/aromatic N) is 1. The van der Waals surface area contributed by atoms with Crippen molar-refractivity contribution in [2.75, 3.05) is 0 Å². The van der Waals surface area contributed by atoms with Crippen molar-refractivity contribution in [2.45, 2.75) is 0 Å². The van der Waals surface area contributed by atoms with E-state index in [-0.39, 0.29) is 0 Å². The van der Waals surface area contributed by atoms with Crippen molar-refractivity contribution in [3.8, 4) is 0 Å². The van der Waals surface area contributed by atoms with E-state index in [4.69, 9.17) is 0 Å². The maximum Gasteiger partial charge on any atom is 0.0844 e. The number of hydrogen-bond donors (Lipinski definition) is 0. The molecule has 2 heteroatoms. The van der Waals surface area contributed by atoms with Crippen LogP contribution >= 0.6 is 15.9 Å². The number of fused-ring (bicyclic) bond motifs is 1. The van der Waals surface area contributed by atoms with Crippen molar-refractivity contribution < 1.29 is 0 Å². The zero-order chi connectivity index (χ0) is 9.26. The van der Waals surface area contributed by atoms with Crippen LogP contribution in [0.2, 0.25) is 0 Å². The molecule has 1 heterocycles. The van der Waals surface area contributed by atoms with Crippen LogP contribution in [0.4, 0.5) is 0 Å². The van der Waals surface area contributed by atoms with Gasteiger partial charge >= 0.3 is 0 Å². The SMILES string of the molecule is C=Cc1cc(Br)c2ncccc2c1. The van der Waals surface area contributed by atoms with Gasteiger partial charge in [0.2, 0.25) is 0 Å². The number of hydrogen-bond acceptors (Lipinski definition) is 1. The Kier molecular flexibility index (Phi) is 2.15. The number of aromatic nitrogens is 1. The predicted molar refractivity (Wildman–Crippen MR) is 59.5 cm³/mol. The standard InChI is InChI=1S/C11H8BrN/c1-2-8-6-9-4-3-5-13-11(9)10(12)7-8/h2-7H,1H2. The molecule has 1 nitrogen and oxygen atoms in total. The molecule has 0 radical (unpaired) electrons. The summed E-state index contributed by atoms with van der Waals surface area (Å²) in [7, 11) is 0. The Hall–Kier alpha value is -1.15. The van der Waals surface area contributed by atoms with E-state index in [0.29, 0.717) is 0 Å². The zero-order valence-electron chi connectivity index (χ0n) is 7.00. The third-order valence-electron chi connectivity index (χ3n) is 1.92. The lowest BCUT2D eigenvalue weighted by Gasteiger charge is -2.00. The fraction of sp³-hybridized carbons (Fsp3) is 0. The highest BCUT2D eigenvalue weighted by Gasteiger charge is 1.99. The average molecular weight is 234 g/mol. The Balaban J connectivity index is 2.84. The molecule has 0 saturated carbocycles. The van der Waals surface area contributed by atoms with Crippen LogP contribution in [-0.4, -0.2) is 4.98 Å². The summed E-state index contributed by atoms with van der Waals surface area (Å²) in [4.78, 5) is 4.27. The largest absolute Gasteiger partial charge is 0.255 e. The first-order valence-corrected chi connectivity index (χ1v) is 4.77. The minimum atomic E-state index is 0.994. The summed E-state index contributed by atoms with van der Waals surface area (Å²) in [5.41, 5.74) is 2.10. The fourth-order valence-corrected chi connectivity index (χ4v) is 1.88. The molecule has 0 saturated heterocycles. The summed E-state index contributed by atoms with van der Waals surface area (Å²) in [5.74, 6) is 0. The van der Waals surface area contributed by atoms with Crippen LogP contribution in [0.15, 0.2) is 41.5 Å². The van der Waals surface area contributed by atoms with E-state index in [0.717, 1.165) is 20.9 Å². The van der Waals surface area contributed by atoms with Gasteiger partial charge in [-0.05, 0) is 39.7 Å². The van der Waals surface area contributed by atoms with Gasteiger partial charge in [-0.15, -0.1) is 0 Å². The lowest BCUT2D eigenvalue weighted by atomic mass is 10.1. The third-order valence-corrected chi connectivity index (χ3v) is 2.52. The lowest BCUT2D eigenvalue weighted by molar-refractivity contribution is 1.40. The topological polar surface area (TPSA) is 12.9 Å². The Labute approximate surface area is 85.2 Å². The van der Waals surface area contributed by atoms with Crippen molar-refractivity contribution in [2.24, 2.45) is 0 Å². The van der Waals surface area contributed by atoms with E-state index in [1.807, 2.05) is 24.3 Å². The molecule has 0 unspecified atom stereocenters. The molecule has 1 aromatic heterocycles. The first kappa shape index (κ1) is 8.45. The number of halogens is 1. The Morgan fingerprint density at radius 1 is 1.38 bits per heavy atom. The van der Waals surface area contributed by atoms with E-state index in [2.05, 4.69) is 33.6 Å². The van der Waals surface area contributed by atoms with Gasteiger partial charge in [0.15, 0.2) is 0 Å². The zero-order valence-corrected chi connectivity index (χ0v) is 8.58. The summed E-state index contributed by atoms with van der Waals surface area (Å²) < 4.78 is 1.01. The maximum atomic E-state index is 4.27. The van der Waals surface area contributed by atoms with Gasteiger partial charge in [-0.1, -0.05) is 18.7 Å². The molecule has 0 bridgehead atoms. The molecule has 0 N–H and O–H groups in total. The van der Waals surface area contributed by atoms with Crippen molar-refractivity contribution in [3.63, 3.8) is 0 Å². The molecule has 0 amide bonds. The molecule has 0 aliphatic rings. The van der Waals surface area contributed by atoms with Gasteiger partial charge in [-0.3, -0.25) is 4.98 Å². The van der Waals surface area contributed by atoms with E-state index in [9.17, 15) is 0 Å².